The minimum absolute atomic E-state index is 0.153. The Bertz CT molecular complexity index is 1150. The van der Waals surface area contributed by atoms with E-state index in [1.165, 1.54) is 37.1 Å². The van der Waals surface area contributed by atoms with Gasteiger partial charge in [-0.05, 0) is 42.6 Å². The number of rotatable bonds is 7. The molecule has 3 aromatic rings. The molecule has 0 saturated carbocycles. The molecule has 0 atom stereocenters. The van der Waals surface area contributed by atoms with Gasteiger partial charge in [-0.25, -0.2) is 0 Å². The van der Waals surface area contributed by atoms with E-state index in [9.17, 15) is 4.79 Å². The number of nitrogens with two attached hydrogens (primary N) is 1. The largest absolute Gasteiger partial charge is 0.458 e. The van der Waals surface area contributed by atoms with Gasteiger partial charge in [0.05, 0.1) is 0 Å². The number of hydrogen-bond donors (Lipinski definition) is 1. The summed E-state index contributed by atoms with van der Waals surface area (Å²) in [5.74, 6) is 1.17. The van der Waals surface area contributed by atoms with Crippen LogP contribution in [0.15, 0.2) is 54.6 Å². The molecule has 1 fully saturated rings. The van der Waals surface area contributed by atoms with Crippen LogP contribution in [0, 0.1) is 0 Å². The van der Waals surface area contributed by atoms with E-state index in [0.29, 0.717) is 43.3 Å². The first-order valence-corrected chi connectivity index (χ1v) is 12.0. The number of benzene rings is 2. The molecule has 0 amide bonds. The third-order valence-corrected chi connectivity index (χ3v) is 6.51. The molecular weight excluding hydrogens is 426 g/mol. The Kier molecular flexibility index (Phi) is 6.72. The minimum atomic E-state index is 0.153. The van der Waals surface area contributed by atoms with Crippen LogP contribution >= 0.6 is 0 Å². The van der Waals surface area contributed by atoms with Crippen LogP contribution in [0.5, 0.6) is 6.01 Å². The smallest absolute Gasteiger partial charge is 0.320 e. The topological polar surface area (TPSA) is 84.6 Å². The van der Waals surface area contributed by atoms with Gasteiger partial charge < -0.3 is 15.4 Å². The van der Waals surface area contributed by atoms with Gasteiger partial charge in [0, 0.05) is 38.0 Å². The molecule has 7 heteroatoms. The first kappa shape index (κ1) is 22.3. The van der Waals surface area contributed by atoms with E-state index in [2.05, 4.69) is 39.0 Å². The zero-order valence-corrected chi connectivity index (χ0v) is 19.4. The highest BCUT2D eigenvalue weighted by molar-refractivity contribution is 5.85. The van der Waals surface area contributed by atoms with Crippen molar-refractivity contribution in [3.63, 3.8) is 0 Å². The number of Topliss-reactive ketones (excluding diaryl/α,β-unsaturated/α-hetero) is 1. The molecule has 176 valence electrons. The highest BCUT2D eigenvalue weighted by Gasteiger charge is 2.25. The molecule has 1 saturated heterocycles. The normalized spacial score (nSPS) is 16.4. The zero-order chi connectivity index (χ0) is 23.3. The molecule has 2 aromatic carbocycles. The predicted octanol–water partition coefficient (Wildman–Crippen LogP) is 3.76. The van der Waals surface area contributed by atoms with Gasteiger partial charge in [0.25, 0.3) is 0 Å². The third kappa shape index (κ3) is 5.37. The number of carbonyl (C=O) groups excluding carboxylic acids is 1. The maximum atomic E-state index is 12.5. The molecular formula is C27H31N5O2. The number of nitrogens with zero attached hydrogens (tertiary/aromatic N) is 4. The second-order valence-corrected chi connectivity index (χ2v) is 9.16. The van der Waals surface area contributed by atoms with Crippen molar-refractivity contribution in [2.45, 2.75) is 45.4 Å². The van der Waals surface area contributed by atoms with Crippen LogP contribution in [-0.2, 0) is 30.9 Å². The van der Waals surface area contributed by atoms with Gasteiger partial charge in [-0.1, -0.05) is 54.6 Å². The summed E-state index contributed by atoms with van der Waals surface area (Å²) >= 11 is 0. The summed E-state index contributed by atoms with van der Waals surface area (Å²) in [7, 11) is 0. The van der Waals surface area contributed by atoms with Gasteiger partial charge in [0.15, 0.2) is 0 Å². The van der Waals surface area contributed by atoms with E-state index in [1.54, 1.807) is 0 Å². The maximum absolute atomic E-state index is 12.5. The summed E-state index contributed by atoms with van der Waals surface area (Å²) in [6.45, 7) is 4.94. The number of ketones is 1. The first-order valence-electron chi connectivity index (χ1n) is 12.0. The van der Waals surface area contributed by atoms with Crippen LogP contribution in [0.2, 0.25) is 0 Å². The van der Waals surface area contributed by atoms with Crippen molar-refractivity contribution in [2.75, 3.05) is 30.3 Å². The molecule has 0 spiro atoms. The van der Waals surface area contributed by atoms with Gasteiger partial charge in [0.2, 0.25) is 0 Å². The lowest BCUT2D eigenvalue weighted by atomic mass is 10.1. The number of fused-ring (bicyclic) bond motifs is 1. The summed E-state index contributed by atoms with van der Waals surface area (Å²) in [4.78, 5) is 26.2. The van der Waals surface area contributed by atoms with Gasteiger partial charge in [-0.15, -0.1) is 0 Å². The van der Waals surface area contributed by atoms with E-state index in [-0.39, 0.29) is 18.2 Å². The van der Waals surface area contributed by atoms with Crippen LogP contribution in [0.3, 0.4) is 0 Å². The summed E-state index contributed by atoms with van der Waals surface area (Å²) in [6.07, 6.45) is 3.29. The van der Waals surface area contributed by atoms with E-state index in [4.69, 9.17) is 15.5 Å². The van der Waals surface area contributed by atoms with Crippen molar-refractivity contribution in [1.82, 2.24) is 14.9 Å². The van der Waals surface area contributed by atoms with Crippen LogP contribution < -0.4 is 15.4 Å². The van der Waals surface area contributed by atoms with Crippen molar-refractivity contribution in [3.8, 4) is 6.01 Å². The van der Waals surface area contributed by atoms with Gasteiger partial charge in [-0.3, -0.25) is 9.69 Å². The molecule has 5 rings (SSSR count). The van der Waals surface area contributed by atoms with Crippen molar-refractivity contribution >= 4 is 17.4 Å². The van der Waals surface area contributed by atoms with E-state index in [0.717, 1.165) is 12.1 Å². The standard InChI is InChI=1S/C27H31N5O2/c28-25-24-16-23(33)11-14-32(18-22-10-6-9-21(15-22)17-31-12-4-5-13-31)26(24)30-27(29-25)34-19-20-7-2-1-3-8-20/h1-3,6-10,15H,4-5,11-14,16-19H2,(H2,28,29,30). The monoisotopic (exact) mass is 457 g/mol. The fourth-order valence-electron chi connectivity index (χ4n) is 4.74. The summed E-state index contributed by atoms with van der Waals surface area (Å²) in [5.41, 5.74) is 10.5. The molecule has 34 heavy (non-hydrogen) atoms. The minimum Gasteiger partial charge on any atom is -0.458 e. The Hall–Kier alpha value is -3.45. The number of likely N-dealkylation sites (tertiary alicyclic amines) is 1. The van der Waals surface area contributed by atoms with Crippen molar-refractivity contribution in [3.05, 3.63) is 76.9 Å². The molecule has 7 nitrogen and oxygen atoms in total. The molecule has 0 bridgehead atoms. The number of hydrogen-bond acceptors (Lipinski definition) is 7. The fraction of sp³-hybridized carbons (Fsp3) is 0.370. The number of ether oxygens (including phenoxy) is 1. The Morgan fingerprint density at radius 2 is 1.62 bits per heavy atom. The third-order valence-electron chi connectivity index (χ3n) is 6.51. The number of aromatic nitrogens is 2. The van der Waals surface area contributed by atoms with Gasteiger partial charge in [0.1, 0.15) is 24.0 Å². The zero-order valence-electron chi connectivity index (χ0n) is 19.4. The highest BCUT2D eigenvalue weighted by Crippen LogP contribution is 2.30. The predicted molar refractivity (Wildman–Crippen MR) is 133 cm³/mol. The molecule has 2 aliphatic rings. The number of carbonyl (C=O) groups is 1. The lowest BCUT2D eigenvalue weighted by Crippen LogP contribution is -2.26. The van der Waals surface area contributed by atoms with Crippen LogP contribution in [0.25, 0.3) is 0 Å². The number of anilines is 2. The Morgan fingerprint density at radius 3 is 2.41 bits per heavy atom. The van der Waals surface area contributed by atoms with Crippen molar-refractivity contribution in [2.24, 2.45) is 0 Å². The van der Waals surface area contributed by atoms with Crippen LogP contribution in [-0.4, -0.2) is 40.3 Å². The van der Waals surface area contributed by atoms with Crippen LogP contribution in [0.4, 0.5) is 11.6 Å². The average molecular weight is 458 g/mol. The summed E-state index contributed by atoms with van der Waals surface area (Å²) in [6, 6.07) is 18.8. The molecule has 3 heterocycles. The Labute approximate surface area is 200 Å². The molecule has 0 unspecified atom stereocenters. The second-order valence-electron chi connectivity index (χ2n) is 9.16. The lowest BCUT2D eigenvalue weighted by molar-refractivity contribution is -0.118. The Morgan fingerprint density at radius 1 is 0.882 bits per heavy atom. The maximum Gasteiger partial charge on any atom is 0.320 e. The first-order chi connectivity index (χ1) is 16.6. The van der Waals surface area contributed by atoms with E-state index >= 15 is 0 Å². The average Bonchev–Trinajstić information content (AvgIpc) is 3.30. The van der Waals surface area contributed by atoms with E-state index < -0.39 is 0 Å². The SMILES string of the molecule is Nc1nc(OCc2ccccc2)nc2c1CC(=O)CCN2Cc1cccc(CN2CCCC2)c1. The van der Waals surface area contributed by atoms with E-state index in [1.807, 2.05) is 30.3 Å². The van der Waals surface area contributed by atoms with Crippen molar-refractivity contribution < 1.29 is 9.53 Å². The van der Waals surface area contributed by atoms with Gasteiger partial charge >= 0.3 is 6.01 Å². The number of nitrogen functional groups attached to an aromatic ring is 1. The highest BCUT2D eigenvalue weighted by atomic mass is 16.5. The molecule has 0 aliphatic carbocycles. The molecule has 1 aromatic heterocycles. The quantitative estimate of drug-likeness (QED) is 0.578. The van der Waals surface area contributed by atoms with Gasteiger partial charge in [-0.2, -0.15) is 9.97 Å². The summed E-state index contributed by atoms with van der Waals surface area (Å²) < 4.78 is 5.88. The second kappa shape index (κ2) is 10.2. The molecule has 2 N–H and O–H groups in total. The molecule has 0 radical (unpaired) electrons. The van der Waals surface area contributed by atoms with Crippen molar-refractivity contribution in [1.29, 1.82) is 0 Å². The Balaban J connectivity index is 1.38. The summed E-state index contributed by atoms with van der Waals surface area (Å²) in [5, 5.41) is 0. The fourth-order valence-corrected chi connectivity index (χ4v) is 4.74. The lowest BCUT2D eigenvalue weighted by Gasteiger charge is -2.25. The van der Waals surface area contributed by atoms with Crippen LogP contribution in [0.1, 0.15) is 41.5 Å². The molecule has 2 aliphatic heterocycles.